The van der Waals surface area contributed by atoms with Crippen molar-refractivity contribution in [2.45, 2.75) is 13.0 Å². The molecule has 2 rings (SSSR count). The summed E-state index contributed by atoms with van der Waals surface area (Å²) in [5.74, 6) is 0.521. The van der Waals surface area contributed by atoms with Crippen molar-refractivity contribution in [1.29, 1.82) is 0 Å². The molecular formula is C12H17N3O3. The Balaban J connectivity index is 1.97. The predicted molar refractivity (Wildman–Crippen MR) is 66.8 cm³/mol. The molecule has 1 aliphatic heterocycles. The van der Waals surface area contributed by atoms with Crippen molar-refractivity contribution in [3.8, 4) is 5.88 Å². The molecule has 0 spiro atoms. The average Bonchev–Trinajstić information content (AvgIpc) is 2.40. The third-order valence-electron chi connectivity index (χ3n) is 2.83. The van der Waals surface area contributed by atoms with E-state index in [1.54, 1.807) is 30.3 Å². The zero-order valence-corrected chi connectivity index (χ0v) is 10.5. The highest BCUT2D eigenvalue weighted by Crippen LogP contribution is 2.13. The number of amides is 2. The third kappa shape index (κ3) is 2.89. The van der Waals surface area contributed by atoms with Crippen LogP contribution in [-0.2, 0) is 4.74 Å². The van der Waals surface area contributed by atoms with E-state index in [2.05, 4.69) is 10.3 Å². The minimum Gasteiger partial charge on any atom is -0.481 e. The van der Waals surface area contributed by atoms with Gasteiger partial charge in [-0.2, -0.15) is 0 Å². The second-order valence-corrected chi connectivity index (χ2v) is 4.14. The second kappa shape index (κ2) is 5.68. The van der Waals surface area contributed by atoms with E-state index in [1.165, 1.54) is 0 Å². The summed E-state index contributed by atoms with van der Waals surface area (Å²) in [6.45, 7) is 3.73. The van der Waals surface area contributed by atoms with E-state index in [-0.39, 0.29) is 12.1 Å². The Morgan fingerprint density at radius 3 is 3.06 bits per heavy atom. The van der Waals surface area contributed by atoms with Gasteiger partial charge in [0.25, 0.3) is 0 Å². The van der Waals surface area contributed by atoms with Gasteiger partial charge in [0.15, 0.2) is 0 Å². The molecular weight excluding hydrogens is 234 g/mol. The van der Waals surface area contributed by atoms with Crippen molar-refractivity contribution in [2.75, 3.05) is 32.2 Å². The summed E-state index contributed by atoms with van der Waals surface area (Å²) in [5, 5.41) is 2.81. The van der Waals surface area contributed by atoms with E-state index in [9.17, 15) is 4.79 Å². The number of anilines is 1. The van der Waals surface area contributed by atoms with Crippen LogP contribution >= 0.6 is 0 Å². The highest BCUT2D eigenvalue weighted by Gasteiger charge is 2.23. The normalized spacial score (nSPS) is 19.4. The molecule has 0 saturated carbocycles. The Hall–Kier alpha value is -1.82. The Kier molecular flexibility index (Phi) is 3.99. The zero-order valence-electron chi connectivity index (χ0n) is 10.5. The number of urea groups is 1. The first kappa shape index (κ1) is 12.6. The topological polar surface area (TPSA) is 63.7 Å². The van der Waals surface area contributed by atoms with Crippen LogP contribution in [-0.4, -0.2) is 48.8 Å². The highest BCUT2D eigenvalue weighted by molar-refractivity contribution is 5.89. The predicted octanol–water partition coefficient (Wildman–Crippen LogP) is 1.34. The number of nitrogens with zero attached hydrogens (tertiary/aromatic N) is 2. The Bertz CT molecular complexity index is 408. The van der Waals surface area contributed by atoms with E-state index in [0.717, 1.165) is 0 Å². The van der Waals surface area contributed by atoms with Crippen LogP contribution in [0.4, 0.5) is 10.5 Å². The number of hydrogen-bond acceptors (Lipinski definition) is 4. The average molecular weight is 251 g/mol. The Morgan fingerprint density at radius 2 is 2.44 bits per heavy atom. The van der Waals surface area contributed by atoms with Gasteiger partial charge in [-0.15, -0.1) is 0 Å². The number of carbonyl (C=O) groups excluding carboxylic acids is 1. The largest absolute Gasteiger partial charge is 0.481 e. The summed E-state index contributed by atoms with van der Waals surface area (Å²) >= 11 is 0. The Morgan fingerprint density at radius 1 is 1.61 bits per heavy atom. The lowest BCUT2D eigenvalue weighted by molar-refractivity contribution is 0.0221. The lowest BCUT2D eigenvalue weighted by Crippen LogP contribution is -2.48. The van der Waals surface area contributed by atoms with Gasteiger partial charge in [-0.05, 0) is 13.0 Å². The maximum absolute atomic E-state index is 12.0. The number of morpholine rings is 1. The van der Waals surface area contributed by atoms with Crippen molar-refractivity contribution >= 4 is 11.7 Å². The van der Waals surface area contributed by atoms with E-state index >= 15 is 0 Å². The minimum atomic E-state index is -0.127. The third-order valence-corrected chi connectivity index (χ3v) is 2.83. The lowest BCUT2D eigenvalue weighted by Gasteiger charge is -2.33. The second-order valence-electron chi connectivity index (χ2n) is 4.14. The summed E-state index contributed by atoms with van der Waals surface area (Å²) < 4.78 is 10.2. The van der Waals surface area contributed by atoms with E-state index in [1.807, 2.05) is 6.92 Å². The van der Waals surface area contributed by atoms with Crippen LogP contribution in [0, 0.1) is 0 Å². The molecule has 0 bridgehead atoms. The molecule has 1 N–H and O–H groups in total. The molecule has 6 nitrogen and oxygen atoms in total. The van der Waals surface area contributed by atoms with E-state index in [4.69, 9.17) is 9.47 Å². The van der Waals surface area contributed by atoms with Crippen molar-refractivity contribution in [2.24, 2.45) is 0 Å². The number of methoxy groups -OCH3 is 1. The molecule has 1 fully saturated rings. The summed E-state index contributed by atoms with van der Waals surface area (Å²) in [6.07, 6.45) is 1.57. The molecule has 0 aliphatic carbocycles. The van der Waals surface area contributed by atoms with Gasteiger partial charge >= 0.3 is 6.03 Å². The standard InChI is InChI=1S/C12H17N3O3/c1-9-8-18-6-5-15(9)12(16)14-10-3-4-11(17-2)13-7-10/h3-4,7,9H,5-6,8H2,1-2H3,(H,14,16). The minimum absolute atomic E-state index is 0.0879. The van der Waals surface area contributed by atoms with Crippen molar-refractivity contribution in [3.63, 3.8) is 0 Å². The van der Waals surface area contributed by atoms with Gasteiger partial charge in [-0.25, -0.2) is 9.78 Å². The molecule has 1 aromatic heterocycles. The molecule has 1 atom stereocenters. The van der Waals surface area contributed by atoms with E-state index < -0.39 is 0 Å². The molecule has 0 aromatic carbocycles. The fraction of sp³-hybridized carbons (Fsp3) is 0.500. The number of aromatic nitrogens is 1. The van der Waals surface area contributed by atoms with Gasteiger partial charge in [0.05, 0.1) is 38.2 Å². The van der Waals surface area contributed by atoms with Crippen LogP contribution in [0.5, 0.6) is 5.88 Å². The highest BCUT2D eigenvalue weighted by atomic mass is 16.5. The molecule has 6 heteroatoms. The maximum atomic E-state index is 12.0. The van der Waals surface area contributed by atoms with Crippen molar-refractivity contribution in [1.82, 2.24) is 9.88 Å². The molecule has 1 aliphatic rings. The first-order chi connectivity index (χ1) is 8.70. The van der Waals surface area contributed by atoms with Crippen LogP contribution < -0.4 is 10.1 Å². The lowest BCUT2D eigenvalue weighted by atomic mass is 10.3. The van der Waals surface area contributed by atoms with Crippen LogP contribution in [0.15, 0.2) is 18.3 Å². The maximum Gasteiger partial charge on any atom is 0.322 e. The molecule has 0 radical (unpaired) electrons. The van der Waals surface area contributed by atoms with Gasteiger partial charge in [0, 0.05) is 12.6 Å². The summed E-state index contributed by atoms with van der Waals surface area (Å²) in [7, 11) is 1.55. The smallest absolute Gasteiger partial charge is 0.322 e. The molecule has 2 heterocycles. The van der Waals surface area contributed by atoms with Gasteiger partial charge in [0.2, 0.25) is 5.88 Å². The zero-order chi connectivity index (χ0) is 13.0. The number of carbonyl (C=O) groups is 1. The number of rotatable bonds is 2. The molecule has 2 amide bonds. The molecule has 1 unspecified atom stereocenters. The van der Waals surface area contributed by atoms with Crippen LogP contribution in [0.25, 0.3) is 0 Å². The fourth-order valence-corrected chi connectivity index (χ4v) is 1.80. The van der Waals surface area contributed by atoms with Crippen LogP contribution in [0.2, 0.25) is 0 Å². The quantitative estimate of drug-likeness (QED) is 0.861. The summed E-state index contributed by atoms with van der Waals surface area (Å²) in [5.41, 5.74) is 0.652. The first-order valence-electron chi connectivity index (χ1n) is 5.86. The summed E-state index contributed by atoms with van der Waals surface area (Å²) in [4.78, 5) is 17.8. The van der Waals surface area contributed by atoms with Gasteiger partial charge in [-0.3, -0.25) is 0 Å². The SMILES string of the molecule is COc1ccc(NC(=O)N2CCOCC2C)cn1. The molecule has 1 saturated heterocycles. The monoisotopic (exact) mass is 251 g/mol. The van der Waals surface area contributed by atoms with Crippen LogP contribution in [0.1, 0.15) is 6.92 Å². The molecule has 98 valence electrons. The fourth-order valence-electron chi connectivity index (χ4n) is 1.80. The van der Waals surface area contributed by atoms with Crippen molar-refractivity contribution < 1.29 is 14.3 Å². The number of nitrogens with one attached hydrogen (secondary N) is 1. The molecule has 1 aromatic rings. The first-order valence-corrected chi connectivity index (χ1v) is 5.86. The van der Waals surface area contributed by atoms with Crippen molar-refractivity contribution in [3.05, 3.63) is 18.3 Å². The summed E-state index contributed by atoms with van der Waals surface area (Å²) in [6, 6.07) is 3.43. The van der Waals surface area contributed by atoms with Gasteiger partial charge in [0.1, 0.15) is 0 Å². The number of ether oxygens (including phenoxy) is 2. The number of hydrogen-bond donors (Lipinski definition) is 1. The number of pyridine rings is 1. The van der Waals surface area contributed by atoms with Gasteiger partial charge < -0.3 is 19.7 Å². The van der Waals surface area contributed by atoms with E-state index in [0.29, 0.717) is 31.3 Å². The molecule has 18 heavy (non-hydrogen) atoms. The Labute approximate surface area is 106 Å². The van der Waals surface area contributed by atoms with Gasteiger partial charge in [-0.1, -0.05) is 0 Å². The van der Waals surface area contributed by atoms with Crippen LogP contribution in [0.3, 0.4) is 0 Å².